The van der Waals surface area contributed by atoms with E-state index in [1.54, 1.807) is 18.5 Å². The molecule has 3 rings (SSSR count). The van der Waals surface area contributed by atoms with Crippen LogP contribution in [0.5, 0.6) is 0 Å². The maximum atomic E-state index is 13.2. The van der Waals surface area contributed by atoms with Crippen molar-refractivity contribution in [3.63, 3.8) is 0 Å². The summed E-state index contributed by atoms with van der Waals surface area (Å²) in [6.45, 7) is 1.01. The lowest BCUT2D eigenvalue weighted by Crippen LogP contribution is -2.87. The van der Waals surface area contributed by atoms with Gasteiger partial charge in [-0.15, -0.1) is 0 Å². The molecule has 1 aliphatic heterocycles. The van der Waals surface area contributed by atoms with Gasteiger partial charge in [-0.2, -0.15) is 0 Å². The monoisotopic (exact) mass is 218 g/mol. The summed E-state index contributed by atoms with van der Waals surface area (Å²) in [5, 5.41) is 2.21. The Labute approximate surface area is 92.7 Å². The molecule has 0 spiro atoms. The second kappa shape index (κ2) is 3.72. The van der Waals surface area contributed by atoms with E-state index in [0.717, 1.165) is 24.2 Å². The summed E-state index contributed by atoms with van der Waals surface area (Å²) in [6.07, 6.45) is 2.72. The first-order valence-corrected chi connectivity index (χ1v) is 5.45. The van der Waals surface area contributed by atoms with Crippen LogP contribution >= 0.6 is 0 Å². The zero-order valence-corrected chi connectivity index (χ0v) is 8.78. The van der Waals surface area contributed by atoms with Gasteiger partial charge in [0, 0.05) is 17.7 Å². The number of nitrogens with one attached hydrogen (secondary N) is 1. The highest BCUT2D eigenvalue weighted by atomic mass is 19.1. The number of quaternary nitrogens is 1. The smallest absolute Gasteiger partial charge is 0.156 e. The molecule has 0 radical (unpaired) electrons. The fraction of sp³-hybridized carbons (Fsp3) is 0.250. The maximum Gasteiger partial charge on any atom is 0.156 e. The normalized spacial score (nSPS) is 19.4. The van der Waals surface area contributed by atoms with Gasteiger partial charge in [0.1, 0.15) is 11.5 Å². The Kier molecular flexibility index (Phi) is 2.22. The van der Waals surface area contributed by atoms with Gasteiger partial charge >= 0.3 is 0 Å². The number of halogens is 1. The Balaban J connectivity index is 2.04. The topological polar surface area (TPSA) is 45.3 Å². The number of hydrogen-bond donors (Lipinski definition) is 2. The quantitative estimate of drug-likeness (QED) is 0.729. The fourth-order valence-electron chi connectivity index (χ4n) is 2.30. The van der Waals surface area contributed by atoms with Gasteiger partial charge in [-0.25, -0.2) is 9.37 Å². The number of aromatic nitrogens is 2. The molecular formula is C12H13FN3+. The molecule has 0 bridgehead atoms. The minimum absolute atomic E-state index is 0.130. The second-order valence-corrected chi connectivity index (χ2v) is 4.07. The van der Waals surface area contributed by atoms with Crippen molar-refractivity contribution in [2.24, 2.45) is 0 Å². The van der Waals surface area contributed by atoms with E-state index < -0.39 is 0 Å². The van der Waals surface area contributed by atoms with E-state index in [9.17, 15) is 4.39 Å². The predicted octanol–water partition coefficient (Wildman–Crippen LogP) is 0.758. The number of nitrogens with two attached hydrogens (primary N) is 1. The zero-order valence-electron chi connectivity index (χ0n) is 8.78. The Hall–Kier alpha value is -1.68. The van der Waals surface area contributed by atoms with E-state index in [2.05, 4.69) is 15.3 Å². The van der Waals surface area contributed by atoms with Crippen molar-refractivity contribution in [2.45, 2.75) is 12.5 Å². The third-order valence-electron chi connectivity index (χ3n) is 3.05. The molecule has 1 aliphatic rings. The molecule has 1 aromatic carbocycles. The lowest BCUT2D eigenvalue weighted by Gasteiger charge is -2.19. The first-order chi connectivity index (χ1) is 7.84. The summed E-state index contributed by atoms with van der Waals surface area (Å²) in [6, 6.07) is 6.89. The van der Waals surface area contributed by atoms with Crippen LogP contribution in [0.25, 0.3) is 0 Å². The second-order valence-electron chi connectivity index (χ2n) is 4.07. The lowest BCUT2D eigenvalue weighted by atomic mass is 9.98. The van der Waals surface area contributed by atoms with Crippen LogP contribution in [0.15, 0.2) is 30.6 Å². The molecule has 2 heterocycles. The number of hydrogen-bond acceptors (Lipinski definition) is 1. The highest BCUT2D eigenvalue weighted by Gasteiger charge is 2.27. The van der Waals surface area contributed by atoms with Crippen molar-refractivity contribution < 1.29 is 9.71 Å². The van der Waals surface area contributed by atoms with E-state index in [-0.39, 0.29) is 11.9 Å². The van der Waals surface area contributed by atoms with E-state index >= 15 is 0 Å². The molecule has 0 amide bonds. The van der Waals surface area contributed by atoms with Crippen molar-refractivity contribution >= 4 is 0 Å². The van der Waals surface area contributed by atoms with Crippen molar-refractivity contribution in [3.05, 3.63) is 53.4 Å². The molecule has 0 fully saturated rings. The van der Waals surface area contributed by atoms with Gasteiger partial charge in [-0.05, 0) is 12.1 Å². The van der Waals surface area contributed by atoms with Crippen molar-refractivity contribution in [3.8, 4) is 0 Å². The molecule has 3 nitrogen and oxygen atoms in total. The molecule has 82 valence electrons. The Morgan fingerprint density at radius 2 is 2.38 bits per heavy atom. The van der Waals surface area contributed by atoms with E-state index in [0.29, 0.717) is 0 Å². The van der Waals surface area contributed by atoms with Crippen LogP contribution in [-0.4, -0.2) is 16.5 Å². The molecular weight excluding hydrogens is 205 g/mol. The third-order valence-corrected chi connectivity index (χ3v) is 3.05. The van der Waals surface area contributed by atoms with Crippen LogP contribution in [0.4, 0.5) is 4.39 Å². The molecule has 1 atom stereocenters. The number of aromatic amines is 1. The molecule has 16 heavy (non-hydrogen) atoms. The largest absolute Gasteiger partial charge is 0.348 e. The highest BCUT2D eigenvalue weighted by Crippen LogP contribution is 2.22. The van der Waals surface area contributed by atoms with Crippen LogP contribution in [0.1, 0.15) is 23.0 Å². The van der Waals surface area contributed by atoms with Gasteiger partial charge in [0.25, 0.3) is 0 Å². The number of H-pyrrole nitrogens is 1. The number of fused-ring (bicyclic) bond motifs is 1. The number of benzene rings is 1. The average Bonchev–Trinajstić information content (AvgIpc) is 2.76. The SMILES string of the molecule is Fc1cccc([C@@H]2[NH2+]CCc3[nH]cnc32)c1. The minimum Gasteiger partial charge on any atom is -0.348 e. The average molecular weight is 218 g/mol. The van der Waals surface area contributed by atoms with E-state index in [1.807, 2.05) is 6.07 Å². The molecule has 4 heteroatoms. The first-order valence-electron chi connectivity index (χ1n) is 5.45. The summed E-state index contributed by atoms with van der Waals surface area (Å²) >= 11 is 0. The van der Waals surface area contributed by atoms with Crippen molar-refractivity contribution in [2.75, 3.05) is 6.54 Å². The van der Waals surface area contributed by atoms with Crippen LogP contribution in [-0.2, 0) is 6.42 Å². The molecule has 3 N–H and O–H groups in total. The van der Waals surface area contributed by atoms with Gasteiger partial charge in [0.2, 0.25) is 0 Å². The summed E-state index contributed by atoms with van der Waals surface area (Å²) in [4.78, 5) is 7.48. The van der Waals surface area contributed by atoms with Gasteiger partial charge < -0.3 is 10.3 Å². The molecule has 0 saturated heterocycles. The summed E-state index contributed by atoms with van der Waals surface area (Å²) < 4.78 is 13.2. The van der Waals surface area contributed by atoms with Crippen molar-refractivity contribution in [1.29, 1.82) is 0 Å². The summed E-state index contributed by atoms with van der Waals surface area (Å²) in [5.74, 6) is -0.187. The maximum absolute atomic E-state index is 13.2. The van der Waals surface area contributed by atoms with Crippen molar-refractivity contribution in [1.82, 2.24) is 9.97 Å². The molecule has 2 aromatic rings. The Morgan fingerprint density at radius 3 is 3.25 bits per heavy atom. The highest BCUT2D eigenvalue weighted by molar-refractivity contribution is 5.29. The lowest BCUT2D eigenvalue weighted by molar-refractivity contribution is -0.690. The predicted molar refractivity (Wildman–Crippen MR) is 57.3 cm³/mol. The van der Waals surface area contributed by atoms with Crippen LogP contribution in [0.3, 0.4) is 0 Å². The first kappa shape index (κ1) is 9.54. The molecule has 1 aromatic heterocycles. The fourth-order valence-corrected chi connectivity index (χ4v) is 2.30. The van der Waals surface area contributed by atoms with Crippen LogP contribution in [0.2, 0.25) is 0 Å². The number of imidazole rings is 1. The Morgan fingerprint density at radius 1 is 1.44 bits per heavy atom. The van der Waals surface area contributed by atoms with E-state index in [1.165, 1.54) is 11.8 Å². The molecule has 0 saturated carbocycles. The Bertz CT molecular complexity index is 506. The summed E-state index contributed by atoms with van der Waals surface area (Å²) in [5.41, 5.74) is 3.20. The van der Waals surface area contributed by atoms with Gasteiger partial charge in [-0.3, -0.25) is 0 Å². The van der Waals surface area contributed by atoms with Gasteiger partial charge in [0.15, 0.2) is 6.04 Å². The van der Waals surface area contributed by atoms with Crippen LogP contribution < -0.4 is 5.32 Å². The van der Waals surface area contributed by atoms with E-state index in [4.69, 9.17) is 0 Å². The standard InChI is InChI=1S/C12H12FN3/c13-9-3-1-2-8(6-9)11-12-10(4-5-14-11)15-7-16-12/h1-3,6-7,11,14H,4-5H2,(H,15,16)/p+1/t11-/m0/s1. The van der Waals surface area contributed by atoms with Gasteiger partial charge in [0.05, 0.1) is 12.9 Å². The van der Waals surface area contributed by atoms with Crippen LogP contribution in [0, 0.1) is 5.82 Å². The third kappa shape index (κ3) is 1.51. The molecule has 0 aliphatic carbocycles. The number of nitrogens with zero attached hydrogens (tertiary/aromatic N) is 1. The number of rotatable bonds is 1. The summed E-state index contributed by atoms with van der Waals surface area (Å²) in [7, 11) is 0. The molecule has 0 unspecified atom stereocenters. The minimum atomic E-state index is -0.187. The van der Waals surface area contributed by atoms with Gasteiger partial charge in [-0.1, -0.05) is 12.1 Å². The zero-order chi connectivity index (χ0) is 11.0.